The van der Waals surface area contributed by atoms with Gasteiger partial charge in [0.15, 0.2) is 0 Å². The molecule has 1 aromatic carbocycles. The van der Waals surface area contributed by atoms with E-state index in [9.17, 15) is 4.79 Å². The van der Waals surface area contributed by atoms with Gasteiger partial charge in [-0.15, -0.1) is 0 Å². The van der Waals surface area contributed by atoms with Crippen LogP contribution in [-0.4, -0.2) is 19.1 Å². The van der Waals surface area contributed by atoms with Crippen LogP contribution in [0.1, 0.15) is 39.5 Å². The Labute approximate surface area is 121 Å². The molecule has 0 heterocycles. The van der Waals surface area contributed by atoms with Crippen molar-refractivity contribution in [3.8, 4) is 5.75 Å². The number of carbonyl (C=O) groups excluding carboxylic acids is 1. The van der Waals surface area contributed by atoms with Crippen LogP contribution in [0.4, 0.5) is 5.69 Å². The molecule has 0 aliphatic carbocycles. The van der Waals surface area contributed by atoms with Gasteiger partial charge in [-0.25, -0.2) is 0 Å². The van der Waals surface area contributed by atoms with Gasteiger partial charge in [-0.1, -0.05) is 19.9 Å². The zero-order valence-corrected chi connectivity index (χ0v) is 12.5. The molecule has 1 atom stereocenters. The van der Waals surface area contributed by atoms with Gasteiger partial charge in [0.1, 0.15) is 5.75 Å². The summed E-state index contributed by atoms with van der Waals surface area (Å²) in [7, 11) is 0. The van der Waals surface area contributed by atoms with E-state index in [0.717, 1.165) is 30.7 Å². The standard InChI is InChI=1S/C16H26N2O2/c1-3-11-20-15-6-4-5-14(12-15)18-16(19)8-7-13(2)9-10-17/h4-6,12-13H,3,7-11,17H2,1-2H3,(H,18,19). The molecule has 0 saturated heterocycles. The zero-order valence-electron chi connectivity index (χ0n) is 12.5. The van der Waals surface area contributed by atoms with Crippen LogP contribution in [-0.2, 0) is 4.79 Å². The molecule has 0 bridgehead atoms. The van der Waals surface area contributed by atoms with E-state index in [1.807, 2.05) is 24.3 Å². The minimum atomic E-state index is 0.0431. The summed E-state index contributed by atoms with van der Waals surface area (Å²) in [6.07, 6.45) is 3.33. The lowest BCUT2D eigenvalue weighted by Gasteiger charge is -2.11. The Morgan fingerprint density at radius 1 is 1.40 bits per heavy atom. The van der Waals surface area contributed by atoms with Crippen molar-refractivity contribution < 1.29 is 9.53 Å². The quantitative estimate of drug-likeness (QED) is 0.729. The summed E-state index contributed by atoms with van der Waals surface area (Å²) < 4.78 is 5.54. The van der Waals surface area contributed by atoms with Crippen LogP contribution >= 0.6 is 0 Å². The Morgan fingerprint density at radius 3 is 2.90 bits per heavy atom. The molecule has 1 amide bonds. The molecule has 0 aliphatic heterocycles. The molecule has 20 heavy (non-hydrogen) atoms. The van der Waals surface area contributed by atoms with E-state index in [1.165, 1.54) is 0 Å². The van der Waals surface area contributed by atoms with Crippen LogP contribution in [0.25, 0.3) is 0 Å². The van der Waals surface area contributed by atoms with Crippen molar-refractivity contribution >= 4 is 11.6 Å². The number of nitrogens with two attached hydrogens (primary N) is 1. The third kappa shape index (κ3) is 6.57. The first kappa shape index (κ1) is 16.5. The summed E-state index contributed by atoms with van der Waals surface area (Å²) in [4.78, 5) is 11.9. The maximum atomic E-state index is 11.9. The van der Waals surface area contributed by atoms with Gasteiger partial charge in [-0.2, -0.15) is 0 Å². The molecule has 0 radical (unpaired) electrons. The molecular weight excluding hydrogens is 252 g/mol. The van der Waals surface area contributed by atoms with Gasteiger partial charge < -0.3 is 15.8 Å². The Morgan fingerprint density at radius 2 is 2.20 bits per heavy atom. The molecule has 0 spiro atoms. The van der Waals surface area contributed by atoms with E-state index in [-0.39, 0.29) is 5.91 Å². The second kappa shape index (κ2) is 9.37. The number of anilines is 1. The molecule has 4 heteroatoms. The number of ether oxygens (including phenoxy) is 1. The summed E-state index contributed by atoms with van der Waals surface area (Å²) in [5.74, 6) is 1.33. The smallest absolute Gasteiger partial charge is 0.224 e. The number of rotatable bonds is 9. The Kier molecular flexibility index (Phi) is 7.73. The van der Waals surface area contributed by atoms with Crippen LogP contribution in [0.5, 0.6) is 5.75 Å². The fraction of sp³-hybridized carbons (Fsp3) is 0.562. The highest BCUT2D eigenvalue weighted by Crippen LogP contribution is 2.18. The van der Waals surface area contributed by atoms with Gasteiger partial charge in [-0.3, -0.25) is 4.79 Å². The molecule has 3 N–H and O–H groups in total. The summed E-state index contributed by atoms with van der Waals surface area (Å²) >= 11 is 0. The highest BCUT2D eigenvalue weighted by Gasteiger charge is 2.07. The average Bonchev–Trinajstić information content (AvgIpc) is 2.44. The Balaban J connectivity index is 2.41. The Hall–Kier alpha value is -1.55. The molecule has 0 fully saturated rings. The fourth-order valence-electron chi connectivity index (χ4n) is 1.91. The zero-order chi connectivity index (χ0) is 14.8. The van der Waals surface area contributed by atoms with Crippen LogP contribution in [0.3, 0.4) is 0 Å². The molecule has 4 nitrogen and oxygen atoms in total. The highest BCUT2D eigenvalue weighted by atomic mass is 16.5. The van der Waals surface area contributed by atoms with Crippen LogP contribution in [0.2, 0.25) is 0 Å². The second-order valence-corrected chi connectivity index (χ2v) is 5.15. The monoisotopic (exact) mass is 278 g/mol. The van der Waals surface area contributed by atoms with E-state index >= 15 is 0 Å². The van der Waals surface area contributed by atoms with Crippen molar-refractivity contribution in [1.29, 1.82) is 0 Å². The van der Waals surface area contributed by atoms with Crippen LogP contribution < -0.4 is 15.8 Å². The molecule has 1 aromatic rings. The maximum Gasteiger partial charge on any atom is 0.224 e. The van der Waals surface area contributed by atoms with Gasteiger partial charge in [0.05, 0.1) is 6.61 Å². The Bertz CT molecular complexity index is 407. The topological polar surface area (TPSA) is 64.3 Å². The van der Waals surface area contributed by atoms with Gasteiger partial charge in [-0.05, 0) is 43.9 Å². The predicted octanol–water partition coefficient (Wildman–Crippen LogP) is 3.18. The minimum Gasteiger partial charge on any atom is -0.494 e. The van der Waals surface area contributed by atoms with Gasteiger partial charge in [0.2, 0.25) is 5.91 Å². The molecule has 0 aromatic heterocycles. The maximum absolute atomic E-state index is 11.9. The van der Waals surface area contributed by atoms with Crippen molar-refractivity contribution in [2.45, 2.75) is 39.5 Å². The van der Waals surface area contributed by atoms with E-state index in [2.05, 4.69) is 19.2 Å². The van der Waals surface area contributed by atoms with Gasteiger partial charge >= 0.3 is 0 Å². The first-order valence-electron chi connectivity index (χ1n) is 7.38. The minimum absolute atomic E-state index is 0.0431. The average molecular weight is 278 g/mol. The van der Waals surface area contributed by atoms with Crippen molar-refractivity contribution in [2.75, 3.05) is 18.5 Å². The molecule has 1 unspecified atom stereocenters. The lowest BCUT2D eigenvalue weighted by molar-refractivity contribution is -0.116. The number of benzene rings is 1. The summed E-state index contributed by atoms with van der Waals surface area (Å²) in [6.45, 7) is 5.56. The first-order valence-corrected chi connectivity index (χ1v) is 7.38. The van der Waals surface area contributed by atoms with E-state index in [0.29, 0.717) is 25.5 Å². The first-order chi connectivity index (χ1) is 9.65. The van der Waals surface area contributed by atoms with E-state index in [4.69, 9.17) is 10.5 Å². The largest absolute Gasteiger partial charge is 0.494 e. The summed E-state index contributed by atoms with van der Waals surface area (Å²) in [5, 5.41) is 2.91. The fourth-order valence-corrected chi connectivity index (χ4v) is 1.91. The van der Waals surface area contributed by atoms with Crippen LogP contribution in [0.15, 0.2) is 24.3 Å². The highest BCUT2D eigenvalue weighted by molar-refractivity contribution is 5.90. The van der Waals surface area contributed by atoms with E-state index in [1.54, 1.807) is 0 Å². The summed E-state index contributed by atoms with van der Waals surface area (Å²) in [6, 6.07) is 7.52. The van der Waals surface area contributed by atoms with E-state index < -0.39 is 0 Å². The number of amides is 1. The van der Waals surface area contributed by atoms with Crippen molar-refractivity contribution in [3.63, 3.8) is 0 Å². The predicted molar refractivity (Wildman–Crippen MR) is 82.9 cm³/mol. The molecule has 0 aliphatic rings. The SMILES string of the molecule is CCCOc1cccc(NC(=O)CCC(C)CCN)c1. The van der Waals surface area contributed by atoms with Gasteiger partial charge in [0.25, 0.3) is 0 Å². The number of carbonyl (C=O) groups is 1. The molecular formula is C16H26N2O2. The molecule has 112 valence electrons. The number of hydrogen-bond acceptors (Lipinski definition) is 3. The van der Waals surface area contributed by atoms with Gasteiger partial charge in [0, 0.05) is 18.2 Å². The normalized spacial score (nSPS) is 11.9. The second-order valence-electron chi connectivity index (χ2n) is 5.15. The lowest BCUT2D eigenvalue weighted by atomic mass is 10.0. The summed E-state index contributed by atoms with van der Waals surface area (Å²) in [5.41, 5.74) is 6.29. The third-order valence-corrected chi connectivity index (χ3v) is 3.11. The van der Waals surface area contributed by atoms with Crippen molar-refractivity contribution in [2.24, 2.45) is 11.7 Å². The molecule has 1 rings (SSSR count). The lowest BCUT2D eigenvalue weighted by Crippen LogP contribution is -2.14. The third-order valence-electron chi connectivity index (χ3n) is 3.11. The van der Waals surface area contributed by atoms with Crippen molar-refractivity contribution in [3.05, 3.63) is 24.3 Å². The molecule has 0 saturated carbocycles. The number of hydrogen-bond donors (Lipinski definition) is 2. The number of nitrogens with one attached hydrogen (secondary N) is 1. The van der Waals surface area contributed by atoms with Crippen molar-refractivity contribution in [1.82, 2.24) is 0 Å². The van der Waals surface area contributed by atoms with Crippen LogP contribution in [0, 0.1) is 5.92 Å².